The molecule has 43 heavy (non-hydrogen) atoms. The summed E-state index contributed by atoms with van der Waals surface area (Å²) in [5.41, 5.74) is 6.65. The Morgan fingerprint density at radius 2 is 1.65 bits per heavy atom. The van der Waals surface area contributed by atoms with Crippen LogP contribution in [0.2, 0.25) is 0 Å². The SMILES string of the molecule is C[C@H](NC(=O)c1ccc2c(c1)/C(=C(/Nc1cccc(CN3CCCCC3)c1)c1ccccc1)C(=O)N2)c1ccc(F)cc1. The highest BCUT2D eigenvalue weighted by Crippen LogP contribution is 2.38. The van der Waals surface area contributed by atoms with Gasteiger partial charge in [-0.25, -0.2) is 4.39 Å². The highest BCUT2D eigenvalue weighted by Gasteiger charge is 2.29. The number of benzene rings is 4. The number of anilines is 2. The van der Waals surface area contributed by atoms with E-state index in [1.54, 1.807) is 30.3 Å². The molecule has 0 saturated carbocycles. The third-order valence-electron chi connectivity index (χ3n) is 8.11. The molecule has 0 aromatic heterocycles. The molecule has 0 spiro atoms. The zero-order chi connectivity index (χ0) is 29.8. The summed E-state index contributed by atoms with van der Waals surface area (Å²) >= 11 is 0. The first-order valence-corrected chi connectivity index (χ1v) is 14.8. The van der Waals surface area contributed by atoms with Crippen LogP contribution >= 0.6 is 0 Å². The normalized spacial score (nSPS) is 16.7. The molecular formula is C36H35FN4O2. The summed E-state index contributed by atoms with van der Waals surface area (Å²) in [5.74, 6) is -0.838. The van der Waals surface area contributed by atoms with Crippen molar-refractivity contribution in [2.45, 2.75) is 38.8 Å². The Hall–Kier alpha value is -4.75. The van der Waals surface area contributed by atoms with E-state index >= 15 is 0 Å². The number of carbonyl (C=O) groups is 2. The fourth-order valence-corrected chi connectivity index (χ4v) is 5.82. The molecule has 2 heterocycles. The van der Waals surface area contributed by atoms with Crippen LogP contribution in [-0.2, 0) is 11.3 Å². The third-order valence-corrected chi connectivity index (χ3v) is 8.11. The van der Waals surface area contributed by atoms with Gasteiger partial charge in [-0.3, -0.25) is 14.5 Å². The predicted octanol–water partition coefficient (Wildman–Crippen LogP) is 7.24. The lowest BCUT2D eigenvalue weighted by atomic mass is 9.98. The highest BCUT2D eigenvalue weighted by atomic mass is 19.1. The molecule has 1 atom stereocenters. The summed E-state index contributed by atoms with van der Waals surface area (Å²) in [6.07, 6.45) is 3.77. The van der Waals surface area contributed by atoms with Crippen LogP contribution in [0.25, 0.3) is 11.3 Å². The van der Waals surface area contributed by atoms with Crippen molar-refractivity contribution < 1.29 is 14.0 Å². The van der Waals surface area contributed by atoms with E-state index in [0.29, 0.717) is 28.1 Å². The second-order valence-electron chi connectivity index (χ2n) is 11.2. The maximum Gasteiger partial charge on any atom is 0.258 e. The molecular weight excluding hydrogens is 539 g/mol. The Morgan fingerprint density at radius 3 is 2.42 bits per heavy atom. The fourth-order valence-electron chi connectivity index (χ4n) is 5.82. The molecule has 4 aromatic carbocycles. The quantitative estimate of drug-likeness (QED) is 0.194. The molecule has 4 aromatic rings. The average molecular weight is 575 g/mol. The van der Waals surface area contributed by atoms with E-state index in [2.05, 4.69) is 33.0 Å². The van der Waals surface area contributed by atoms with Gasteiger partial charge >= 0.3 is 0 Å². The van der Waals surface area contributed by atoms with Crippen LogP contribution in [0, 0.1) is 5.82 Å². The van der Waals surface area contributed by atoms with Gasteiger partial charge in [-0.15, -0.1) is 0 Å². The van der Waals surface area contributed by atoms with E-state index in [9.17, 15) is 14.0 Å². The molecule has 0 unspecified atom stereocenters. The van der Waals surface area contributed by atoms with Gasteiger partial charge in [0.1, 0.15) is 5.82 Å². The molecule has 2 aliphatic rings. The van der Waals surface area contributed by atoms with Gasteiger partial charge < -0.3 is 16.0 Å². The smallest absolute Gasteiger partial charge is 0.258 e. The van der Waals surface area contributed by atoms with Crippen molar-refractivity contribution in [3.63, 3.8) is 0 Å². The van der Waals surface area contributed by atoms with E-state index in [1.807, 2.05) is 49.4 Å². The maximum atomic E-state index is 13.5. The fraction of sp³-hybridized carbons (Fsp3) is 0.222. The van der Waals surface area contributed by atoms with Crippen LogP contribution < -0.4 is 16.0 Å². The van der Waals surface area contributed by atoms with Gasteiger partial charge in [0, 0.05) is 29.0 Å². The molecule has 218 valence electrons. The number of amides is 2. The second-order valence-corrected chi connectivity index (χ2v) is 11.2. The number of piperidine rings is 1. The van der Waals surface area contributed by atoms with Crippen molar-refractivity contribution in [1.82, 2.24) is 10.2 Å². The summed E-state index contributed by atoms with van der Waals surface area (Å²) in [4.78, 5) is 29.3. The Labute approximate surface area is 251 Å². The van der Waals surface area contributed by atoms with Crippen molar-refractivity contribution >= 4 is 34.5 Å². The summed E-state index contributed by atoms with van der Waals surface area (Å²) in [7, 11) is 0. The number of halogens is 1. The Kier molecular flexibility index (Phi) is 8.34. The minimum atomic E-state index is -0.325. The van der Waals surface area contributed by atoms with Crippen LogP contribution in [0.15, 0.2) is 97.1 Å². The lowest BCUT2D eigenvalue weighted by molar-refractivity contribution is -0.110. The van der Waals surface area contributed by atoms with Crippen molar-refractivity contribution in [3.8, 4) is 0 Å². The first-order chi connectivity index (χ1) is 20.9. The molecule has 0 radical (unpaired) electrons. The van der Waals surface area contributed by atoms with Gasteiger partial charge in [0.15, 0.2) is 0 Å². The van der Waals surface area contributed by atoms with Gasteiger partial charge in [-0.05, 0) is 92.0 Å². The minimum absolute atomic E-state index is 0.233. The number of hydrogen-bond acceptors (Lipinski definition) is 4. The molecule has 6 rings (SSSR count). The molecule has 2 aliphatic heterocycles. The number of nitrogens with zero attached hydrogens (tertiary/aromatic N) is 1. The van der Waals surface area contributed by atoms with Crippen LogP contribution in [0.1, 0.15) is 64.8 Å². The van der Waals surface area contributed by atoms with E-state index < -0.39 is 0 Å². The van der Waals surface area contributed by atoms with Crippen LogP contribution in [0.3, 0.4) is 0 Å². The van der Waals surface area contributed by atoms with Gasteiger partial charge in [0.05, 0.1) is 17.3 Å². The number of nitrogens with one attached hydrogen (secondary N) is 3. The largest absolute Gasteiger partial charge is 0.354 e. The first-order valence-electron chi connectivity index (χ1n) is 14.8. The van der Waals surface area contributed by atoms with E-state index in [-0.39, 0.29) is 23.7 Å². The van der Waals surface area contributed by atoms with E-state index in [1.165, 1.54) is 37.0 Å². The van der Waals surface area contributed by atoms with Crippen molar-refractivity contribution in [3.05, 3.63) is 131 Å². The van der Waals surface area contributed by atoms with Crippen molar-refractivity contribution in [1.29, 1.82) is 0 Å². The molecule has 6 nitrogen and oxygen atoms in total. The average Bonchev–Trinajstić information content (AvgIpc) is 3.36. The number of hydrogen-bond donors (Lipinski definition) is 3. The first kappa shape index (κ1) is 28.4. The molecule has 7 heteroatoms. The Bertz CT molecular complexity index is 1660. The standard InChI is InChI=1S/C36H35FN4O2/c1-24(26-13-16-29(37)17-14-26)38-35(42)28-15-18-32-31(22-28)33(36(43)40-32)34(27-10-4-2-5-11-27)39-30-12-8-9-25(21-30)23-41-19-6-3-7-20-41/h2,4-5,8-18,21-22,24,39H,3,6-7,19-20,23H2,1H3,(H,38,42)(H,40,43)/b34-33-/t24-/m0/s1. The minimum Gasteiger partial charge on any atom is -0.354 e. The zero-order valence-corrected chi connectivity index (χ0v) is 24.2. The Morgan fingerprint density at radius 1 is 0.884 bits per heavy atom. The topological polar surface area (TPSA) is 73.5 Å². The van der Waals surface area contributed by atoms with Crippen LogP contribution in [0.4, 0.5) is 15.8 Å². The molecule has 1 fully saturated rings. The van der Waals surface area contributed by atoms with Crippen molar-refractivity contribution in [2.75, 3.05) is 23.7 Å². The molecule has 2 amide bonds. The van der Waals surface area contributed by atoms with Gasteiger partial charge in [-0.2, -0.15) is 0 Å². The summed E-state index contributed by atoms with van der Waals surface area (Å²) in [6.45, 7) is 4.98. The second kappa shape index (κ2) is 12.6. The zero-order valence-electron chi connectivity index (χ0n) is 24.2. The van der Waals surface area contributed by atoms with Crippen LogP contribution in [-0.4, -0.2) is 29.8 Å². The highest BCUT2D eigenvalue weighted by molar-refractivity contribution is 6.37. The molecule has 3 N–H and O–H groups in total. The number of carbonyl (C=O) groups excluding carboxylic acids is 2. The number of rotatable bonds is 8. The summed E-state index contributed by atoms with van der Waals surface area (Å²) in [5, 5.41) is 9.53. The predicted molar refractivity (Wildman–Crippen MR) is 170 cm³/mol. The monoisotopic (exact) mass is 574 g/mol. The molecule has 0 bridgehead atoms. The van der Waals surface area contributed by atoms with Crippen LogP contribution in [0.5, 0.6) is 0 Å². The molecule has 0 aliphatic carbocycles. The van der Waals surface area contributed by atoms with Crippen molar-refractivity contribution in [2.24, 2.45) is 0 Å². The van der Waals surface area contributed by atoms with Gasteiger partial charge in [0.2, 0.25) is 0 Å². The third kappa shape index (κ3) is 6.52. The van der Waals surface area contributed by atoms with Gasteiger partial charge in [0.25, 0.3) is 11.8 Å². The molecule has 1 saturated heterocycles. The maximum absolute atomic E-state index is 13.5. The Balaban J connectivity index is 1.32. The van der Waals surface area contributed by atoms with E-state index in [0.717, 1.165) is 36.4 Å². The number of fused-ring (bicyclic) bond motifs is 1. The summed E-state index contributed by atoms with van der Waals surface area (Å²) in [6, 6.07) is 29.1. The van der Waals surface area contributed by atoms with E-state index in [4.69, 9.17) is 0 Å². The van der Waals surface area contributed by atoms with Gasteiger partial charge in [-0.1, -0.05) is 61.0 Å². The lowest BCUT2D eigenvalue weighted by Crippen LogP contribution is -2.29. The lowest BCUT2D eigenvalue weighted by Gasteiger charge is -2.26. The summed E-state index contributed by atoms with van der Waals surface area (Å²) < 4.78 is 13.4. The number of likely N-dealkylation sites (tertiary alicyclic amines) is 1.